The minimum atomic E-state index is -0.505. The zero-order valence-electron chi connectivity index (χ0n) is 13.1. The lowest BCUT2D eigenvalue weighted by Gasteiger charge is -2.10. The van der Waals surface area contributed by atoms with Crippen molar-refractivity contribution < 1.29 is 4.79 Å². The predicted molar refractivity (Wildman–Crippen MR) is 91.2 cm³/mol. The second kappa shape index (κ2) is 5.92. The van der Waals surface area contributed by atoms with Crippen LogP contribution in [0, 0.1) is 13.8 Å². The highest BCUT2D eigenvalue weighted by Gasteiger charge is 2.19. The van der Waals surface area contributed by atoms with Gasteiger partial charge in [0.05, 0.1) is 16.9 Å². The fourth-order valence-electron chi connectivity index (χ4n) is 2.46. The highest BCUT2D eigenvalue weighted by atomic mass is 32.1. The molecule has 1 amide bonds. The van der Waals surface area contributed by atoms with Crippen molar-refractivity contribution in [1.82, 2.24) is 14.2 Å². The summed E-state index contributed by atoms with van der Waals surface area (Å²) in [5, 5.41) is 7.49. The van der Waals surface area contributed by atoms with Crippen LogP contribution in [0.2, 0.25) is 0 Å². The van der Waals surface area contributed by atoms with Crippen LogP contribution in [-0.4, -0.2) is 20.1 Å². The number of hydrogen-bond donors (Lipinski definition) is 1. The Hall–Kier alpha value is -2.54. The molecular weight excluding hydrogens is 312 g/mol. The molecule has 2 aromatic heterocycles. The van der Waals surface area contributed by atoms with Gasteiger partial charge in [0, 0.05) is 16.8 Å². The summed E-state index contributed by atoms with van der Waals surface area (Å²) in [6.45, 7) is 6.18. The van der Waals surface area contributed by atoms with E-state index in [9.17, 15) is 9.59 Å². The second-order valence-corrected chi connectivity index (χ2v) is 6.14. The van der Waals surface area contributed by atoms with Crippen LogP contribution in [0.5, 0.6) is 0 Å². The minimum Gasteiger partial charge on any atom is -0.318 e. The molecule has 0 aliphatic rings. The van der Waals surface area contributed by atoms with E-state index in [1.807, 2.05) is 32.9 Å². The van der Waals surface area contributed by atoms with Crippen molar-refractivity contribution in [3.05, 3.63) is 50.8 Å². The Kier molecular flexibility index (Phi) is 3.96. The molecule has 0 saturated carbocycles. The van der Waals surface area contributed by atoms with Gasteiger partial charge in [0.1, 0.15) is 0 Å². The highest BCUT2D eigenvalue weighted by Crippen LogP contribution is 2.23. The van der Waals surface area contributed by atoms with Gasteiger partial charge in [-0.3, -0.25) is 14.3 Å². The normalized spacial score (nSPS) is 10.9. The first-order valence-electron chi connectivity index (χ1n) is 7.27. The molecule has 0 saturated heterocycles. The quantitative estimate of drug-likeness (QED) is 0.802. The number of anilines is 1. The third-order valence-electron chi connectivity index (χ3n) is 3.65. The molecular formula is C16H16N4O2S. The monoisotopic (exact) mass is 328 g/mol. The SMILES string of the molecule is CCn1nc(C(=O)Nc2c(C)nsc2C)c(=O)c2ccccc21. The first-order chi connectivity index (χ1) is 11.0. The maximum atomic E-state index is 12.6. The summed E-state index contributed by atoms with van der Waals surface area (Å²) in [5.74, 6) is -0.505. The second-order valence-electron chi connectivity index (χ2n) is 5.16. The molecule has 0 radical (unpaired) electrons. The fourth-order valence-corrected chi connectivity index (χ4v) is 3.12. The molecule has 0 atom stereocenters. The standard InChI is InChI=1S/C16H16N4O2S/c1-4-20-12-8-6-5-7-11(12)15(21)14(18-20)16(22)17-13-9(2)19-23-10(13)3/h5-8H,4H2,1-3H3,(H,17,22). The van der Waals surface area contributed by atoms with E-state index in [-0.39, 0.29) is 11.1 Å². The Morgan fingerprint density at radius 2 is 2.04 bits per heavy atom. The number of nitrogens with one attached hydrogen (secondary N) is 1. The number of fused-ring (bicyclic) bond motifs is 1. The van der Waals surface area contributed by atoms with Gasteiger partial charge in [-0.15, -0.1) is 0 Å². The Labute approximate surface area is 136 Å². The van der Waals surface area contributed by atoms with E-state index in [2.05, 4.69) is 14.8 Å². The van der Waals surface area contributed by atoms with Gasteiger partial charge in [0.25, 0.3) is 5.91 Å². The minimum absolute atomic E-state index is 0.101. The Morgan fingerprint density at radius 1 is 1.30 bits per heavy atom. The van der Waals surface area contributed by atoms with E-state index in [0.717, 1.165) is 16.1 Å². The molecule has 0 spiro atoms. The fraction of sp³-hybridized carbons (Fsp3) is 0.250. The zero-order chi connectivity index (χ0) is 16.6. The molecule has 3 aromatic rings. The summed E-state index contributed by atoms with van der Waals surface area (Å²) in [6.07, 6.45) is 0. The highest BCUT2D eigenvalue weighted by molar-refractivity contribution is 7.06. The summed E-state index contributed by atoms with van der Waals surface area (Å²) in [4.78, 5) is 26.0. The molecule has 1 aromatic carbocycles. The van der Waals surface area contributed by atoms with Crippen molar-refractivity contribution in [2.75, 3.05) is 5.32 Å². The van der Waals surface area contributed by atoms with Crippen molar-refractivity contribution in [3.8, 4) is 0 Å². The Morgan fingerprint density at radius 3 is 2.70 bits per heavy atom. The Balaban J connectivity index is 2.11. The van der Waals surface area contributed by atoms with E-state index in [4.69, 9.17) is 0 Å². The van der Waals surface area contributed by atoms with Gasteiger partial charge in [0.2, 0.25) is 5.43 Å². The lowest BCUT2D eigenvalue weighted by Crippen LogP contribution is -2.27. The average molecular weight is 328 g/mol. The zero-order valence-corrected chi connectivity index (χ0v) is 13.9. The van der Waals surface area contributed by atoms with Gasteiger partial charge in [0.15, 0.2) is 5.69 Å². The summed E-state index contributed by atoms with van der Waals surface area (Å²) in [7, 11) is 0. The number of aryl methyl sites for hydroxylation is 3. The van der Waals surface area contributed by atoms with E-state index in [0.29, 0.717) is 17.6 Å². The number of carbonyl (C=O) groups excluding carboxylic acids is 1. The van der Waals surface area contributed by atoms with Crippen LogP contribution in [0.25, 0.3) is 10.9 Å². The van der Waals surface area contributed by atoms with Crippen molar-refractivity contribution in [2.24, 2.45) is 0 Å². The van der Waals surface area contributed by atoms with E-state index in [1.165, 1.54) is 11.5 Å². The van der Waals surface area contributed by atoms with E-state index < -0.39 is 5.91 Å². The van der Waals surface area contributed by atoms with Crippen LogP contribution in [0.3, 0.4) is 0 Å². The number of benzene rings is 1. The maximum Gasteiger partial charge on any atom is 0.280 e. The van der Waals surface area contributed by atoms with Crippen LogP contribution < -0.4 is 10.7 Å². The molecule has 0 aliphatic carbocycles. The van der Waals surface area contributed by atoms with Crippen molar-refractivity contribution in [3.63, 3.8) is 0 Å². The summed E-state index contributed by atoms with van der Waals surface area (Å²) in [5.41, 5.74) is 1.65. The maximum absolute atomic E-state index is 12.6. The van der Waals surface area contributed by atoms with Gasteiger partial charge in [-0.25, -0.2) is 0 Å². The smallest absolute Gasteiger partial charge is 0.280 e. The van der Waals surface area contributed by atoms with Crippen LogP contribution in [0.15, 0.2) is 29.1 Å². The predicted octanol–water partition coefficient (Wildman–Crippen LogP) is 2.74. The van der Waals surface area contributed by atoms with Crippen LogP contribution in [0.4, 0.5) is 5.69 Å². The summed E-state index contributed by atoms with van der Waals surface area (Å²) < 4.78 is 5.86. The lowest BCUT2D eigenvalue weighted by atomic mass is 10.2. The lowest BCUT2D eigenvalue weighted by molar-refractivity contribution is 0.101. The third-order valence-corrected chi connectivity index (χ3v) is 4.49. The number of hydrogen-bond acceptors (Lipinski definition) is 5. The van der Waals surface area contributed by atoms with Crippen molar-refractivity contribution in [2.45, 2.75) is 27.3 Å². The molecule has 2 heterocycles. The van der Waals surface area contributed by atoms with E-state index >= 15 is 0 Å². The van der Waals surface area contributed by atoms with E-state index in [1.54, 1.807) is 16.8 Å². The molecule has 0 fully saturated rings. The number of amides is 1. The van der Waals surface area contributed by atoms with Gasteiger partial charge in [-0.1, -0.05) is 12.1 Å². The molecule has 0 aliphatic heterocycles. The van der Waals surface area contributed by atoms with Crippen molar-refractivity contribution >= 4 is 34.0 Å². The van der Waals surface area contributed by atoms with Gasteiger partial charge in [-0.05, 0) is 44.4 Å². The first-order valence-corrected chi connectivity index (χ1v) is 8.04. The van der Waals surface area contributed by atoms with Gasteiger partial charge < -0.3 is 5.32 Å². The van der Waals surface area contributed by atoms with Gasteiger partial charge in [-0.2, -0.15) is 9.47 Å². The average Bonchev–Trinajstić information content (AvgIpc) is 2.87. The number of carbonyl (C=O) groups is 1. The molecule has 3 rings (SSSR count). The molecule has 0 unspecified atom stereocenters. The van der Waals surface area contributed by atoms with Crippen LogP contribution in [0.1, 0.15) is 28.0 Å². The summed E-state index contributed by atoms with van der Waals surface area (Å²) >= 11 is 1.31. The number of aromatic nitrogens is 3. The molecule has 6 nitrogen and oxygen atoms in total. The molecule has 23 heavy (non-hydrogen) atoms. The van der Waals surface area contributed by atoms with Crippen LogP contribution >= 0.6 is 11.5 Å². The Bertz CT molecular complexity index is 939. The summed E-state index contributed by atoms with van der Waals surface area (Å²) in [6, 6.07) is 7.17. The number of rotatable bonds is 3. The largest absolute Gasteiger partial charge is 0.318 e. The molecule has 7 heteroatoms. The number of nitrogens with zero attached hydrogens (tertiary/aromatic N) is 3. The van der Waals surface area contributed by atoms with Crippen molar-refractivity contribution in [1.29, 1.82) is 0 Å². The molecule has 1 N–H and O–H groups in total. The topological polar surface area (TPSA) is 76.9 Å². The first kappa shape index (κ1) is 15.4. The van der Waals surface area contributed by atoms with Crippen LogP contribution in [-0.2, 0) is 6.54 Å². The van der Waals surface area contributed by atoms with Gasteiger partial charge >= 0.3 is 0 Å². The molecule has 0 bridgehead atoms. The number of para-hydroxylation sites is 1. The third kappa shape index (κ3) is 2.63. The molecule has 118 valence electrons.